The van der Waals surface area contributed by atoms with Crippen LogP contribution < -0.4 is 15.2 Å². The van der Waals surface area contributed by atoms with E-state index in [0.717, 1.165) is 5.75 Å². The molecule has 2 aromatic rings. The number of nitrogens with two attached hydrogens (primary N) is 1. The normalized spacial score (nSPS) is 10.2. The third-order valence-corrected chi connectivity index (χ3v) is 2.92. The molecule has 0 fully saturated rings. The van der Waals surface area contributed by atoms with E-state index in [9.17, 15) is 0 Å². The second-order valence-electron chi connectivity index (χ2n) is 3.82. The van der Waals surface area contributed by atoms with Crippen molar-refractivity contribution in [3.05, 3.63) is 52.5 Å². The van der Waals surface area contributed by atoms with Gasteiger partial charge in [-0.15, -0.1) is 0 Å². The van der Waals surface area contributed by atoms with Crippen LogP contribution in [0.1, 0.15) is 0 Å². The Kier molecular flexibility index (Phi) is 4.77. The van der Waals surface area contributed by atoms with E-state index in [2.05, 4.69) is 0 Å². The number of para-hydroxylation sites is 1. The molecule has 0 unspecified atom stereocenters. The Balaban J connectivity index is 1.86. The average Bonchev–Trinajstić information content (AvgIpc) is 2.38. The standard InChI is InChI=1S/C14H13Cl2NO2/c15-12-8-10(17)9-13(16)14(12)19-7-6-18-11-4-2-1-3-5-11/h1-5,8-9H,6-7,17H2. The van der Waals surface area contributed by atoms with Crippen molar-refractivity contribution in [2.75, 3.05) is 18.9 Å². The molecule has 0 amide bonds. The quantitative estimate of drug-likeness (QED) is 0.669. The molecule has 0 aliphatic heterocycles. The van der Waals surface area contributed by atoms with Crippen LogP contribution in [0.4, 0.5) is 5.69 Å². The highest BCUT2D eigenvalue weighted by Gasteiger charge is 2.08. The van der Waals surface area contributed by atoms with Gasteiger partial charge in [0.25, 0.3) is 0 Å². The van der Waals surface area contributed by atoms with Crippen molar-refractivity contribution in [3.63, 3.8) is 0 Å². The lowest BCUT2D eigenvalue weighted by molar-refractivity contribution is 0.217. The predicted octanol–water partition coefficient (Wildman–Crippen LogP) is 4.03. The summed E-state index contributed by atoms with van der Waals surface area (Å²) in [6.45, 7) is 0.749. The average molecular weight is 298 g/mol. The van der Waals surface area contributed by atoms with E-state index in [1.54, 1.807) is 12.1 Å². The number of hydrogen-bond acceptors (Lipinski definition) is 3. The summed E-state index contributed by atoms with van der Waals surface area (Å²) in [7, 11) is 0. The lowest BCUT2D eigenvalue weighted by Crippen LogP contribution is -2.09. The molecule has 100 valence electrons. The van der Waals surface area contributed by atoms with Gasteiger partial charge in [-0.05, 0) is 24.3 Å². The summed E-state index contributed by atoms with van der Waals surface area (Å²) in [4.78, 5) is 0. The maximum Gasteiger partial charge on any atom is 0.156 e. The SMILES string of the molecule is Nc1cc(Cl)c(OCCOc2ccccc2)c(Cl)c1. The zero-order valence-electron chi connectivity index (χ0n) is 10.1. The Hall–Kier alpha value is -1.58. The van der Waals surface area contributed by atoms with Gasteiger partial charge in [-0.3, -0.25) is 0 Å². The number of halogens is 2. The van der Waals surface area contributed by atoms with Crippen LogP contribution in [0, 0.1) is 0 Å². The fourth-order valence-electron chi connectivity index (χ4n) is 1.54. The van der Waals surface area contributed by atoms with Gasteiger partial charge in [0.1, 0.15) is 19.0 Å². The van der Waals surface area contributed by atoms with Crippen molar-refractivity contribution in [2.45, 2.75) is 0 Å². The molecule has 3 nitrogen and oxygen atoms in total. The number of hydrogen-bond donors (Lipinski definition) is 1. The molecular weight excluding hydrogens is 285 g/mol. The van der Waals surface area contributed by atoms with Crippen molar-refractivity contribution < 1.29 is 9.47 Å². The zero-order valence-corrected chi connectivity index (χ0v) is 11.6. The summed E-state index contributed by atoms with van der Waals surface area (Å²) in [5.41, 5.74) is 6.11. The number of rotatable bonds is 5. The second kappa shape index (κ2) is 6.55. The number of benzene rings is 2. The summed E-state index contributed by atoms with van der Waals surface area (Å²) in [5, 5.41) is 0.787. The topological polar surface area (TPSA) is 44.5 Å². The molecule has 0 radical (unpaired) electrons. The third kappa shape index (κ3) is 3.94. The van der Waals surface area contributed by atoms with Crippen molar-refractivity contribution in [1.82, 2.24) is 0 Å². The largest absolute Gasteiger partial charge is 0.490 e. The van der Waals surface area contributed by atoms with Crippen molar-refractivity contribution in [2.24, 2.45) is 0 Å². The van der Waals surface area contributed by atoms with Crippen LogP contribution in [-0.4, -0.2) is 13.2 Å². The van der Waals surface area contributed by atoms with E-state index in [4.69, 9.17) is 38.4 Å². The molecular formula is C14H13Cl2NO2. The molecule has 0 aliphatic carbocycles. The highest BCUT2D eigenvalue weighted by atomic mass is 35.5. The van der Waals surface area contributed by atoms with E-state index in [0.29, 0.717) is 34.7 Å². The van der Waals surface area contributed by atoms with Crippen LogP contribution in [0.15, 0.2) is 42.5 Å². The molecule has 2 rings (SSSR count). The van der Waals surface area contributed by atoms with Gasteiger partial charge in [0, 0.05) is 5.69 Å². The minimum Gasteiger partial charge on any atom is -0.490 e. The van der Waals surface area contributed by atoms with Crippen molar-refractivity contribution in [1.29, 1.82) is 0 Å². The van der Waals surface area contributed by atoms with Gasteiger partial charge in [0.05, 0.1) is 10.0 Å². The first kappa shape index (κ1) is 13.8. The number of nitrogen functional groups attached to an aromatic ring is 1. The van der Waals surface area contributed by atoms with Crippen molar-refractivity contribution >= 4 is 28.9 Å². The summed E-state index contributed by atoms with van der Waals surface area (Å²) in [5.74, 6) is 1.22. The van der Waals surface area contributed by atoms with Crippen LogP contribution in [0.25, 0.3) is 0 Å². The molecule has 0 atom stereocenters. The van der Waals surface area contributed by atoms with Gasteiger partial charge in [-0.25, -0.2) is 0 Å². The van der Waals surface area contributed by atoms with Crippen LogP contribution in [0.3, 0.4) is 0 Å². The van der Waals surface area contributed by atoms with Crippen LogP contribution >= 0.6 is 23.2 Å². The zero-order chi connectivity index (χ0) is 13.7. The first-order chi connectivity index (χ1) is 9.16. The van der Waals surface area contributed by atoms with Crippen LogP contribution in [0.5, 0.6) is 11.5 Å². The van der Waals surface area contributed by atoms with Gasteiger partial charge in [-0.2, -0.15) is 0 Å². The molecule has 0 saturated carbocycles. The lowest BCUT2D eigenvalue weighted by Gasteiger charge is -2.11. The van der Waals surface area contributed by atoms with Gasteiger partial charge in [0.2, 0.25) is 0 Å². The van der Waals surface area contributed by atoms with Crippen molar-refractivity contribution in [3.8, 4) is 11.5 Å². The Morgan fingerprint density at radius 2 is 1.47 bits per heavy atom. The summed E-state index contributed by atoms with van der Waals surface area (Å²) in [6.07, 6.45) is 0. The molecule has 0 saturated heterocycles. The van der Waals surface area contributed by atoms with Gasteiger partial charge in [0.15, 0.2) is 5.75 Å². The van der Waals surface area contributed by atoms with E-state index in [1.165, 1.54) is 0 Å². The Labute approximate surface area is 121 Å². The highest BCUT2D eigenvalue weighted by molar-refractivity contribution is 6.37. The van der Waals surface area contributed by atoms with E-state index in [-0.39, 0.29) is 0 Å². The third-order valence-electron chi connectivity index (χ3n) is 2.36. The maximum absolute atomic E-state index is 6.00. The van der Waals surface area contributed by atoms with E-state index < -0.39 is 0 Å². The fraction of sp³-hybridized carbons (Fsp3) is 0.143. The van der Waals surface area contributed by atoms with Gasteiger partial charge in [-0.1, -0.05) is 41.4 Å². The van der Waals surface area contributed by atoms with E-state index in [1.807, 2.05) is 30.3 Å². The molecule has 19 heavy (non-hydrogen) atoms. The first-order valence-corrected chi connectivity index (χ1v) is 6.47. The summed E-state index contributed by atoms with van der Waals surface area (Å²) in [6, 6.07) is 12.7. The minimum atomic E-state index is 0.345. The van der Waals surface area contributed by atoms with Gasteiger partial charge < -0.3 is 15.2 Å². The molecule has 0 aliphatic rings. The molecule has 0 spiro atoms. The molecule has 2 aromatic carbocycles. The minimum absolute atomic E-state index is 0.345. The second-order valence-corrected chi connectivity index (χ2v) is 4.64. The Morgan fingerprint density at radius 3 is 2.11 bits per heavy atom. The summed E-state index contributed by atoms with van der Waals surface area (Å²) < 4.78 is 11.0. The Morgan fingerprint density at radius 1 is 0.895 bits per heavy atom. The maximum atomic E-state index is 6.00. The highest BCUT2D eigenvalue weighted by Crippen LogP contribution is 2.34. The molecule has 5 heteroatoms. The number of ether oxygens (including phenoxy) is 2. The van der Waals surface area contributed by atoms with E-state index >= 15 is 0 Å². The summed E-state index contributed by atoms with van der Waals surface area (Å²) >= 11 is 12.0. The fourth-order valence-corrected chi connectivity index (χ4v) is 2.15. The predicted molar refractivity (Wildman–Crippen MR) is 78.3 cm³/mol. The monoisotopic (exact) mass is 297 g/mol. The molecule has 0 aromatic heterocycles. The van der Waals surface area contributed by atoms with Gasteiger partial charge >= 0.3 is 0 Å². The lowest BCUT2D eigenvalue weighted by atomic mass is 10.3. The number of anilines is 1. The van der Waals surface area contributed by atoms with Crippen LogP contribution in [-0.2, 0) is 0 Å². The Bertz CT molecular complexity index is 523. The first-order valence-electron chi connectivity index (χ1n) is 5.72. The molecule has 0 bridgehead atoms. The van der Waals surface area contributed by atoms with Crippen LogP contribution in [0.2, 0.25) is 10.0 Å². The molecule has 0 heterocycles. The molecule has 2 N–H and O–H groups in total. The smallest absolute Gasteiger partial charge is 0.156 e.